The molecule has 1 amide bonds. The summed E-state index contributed by atoms with van der Waals surface area (Å²) in [5, 5.41) is 3.35. The Bertz CT molecular complexity index is 220. The Morgan fingerprint density at radius 1 is 1.31 bits per heavy atom. The SMILES string of the molecule is CC(C)(CNCCC1CCCCC1)C(N)=O. The predicted molar refractivity (Wildman–Crippen MR) is 67.0 cm³/mol. The van der Waals surface area contributed by atoms with Gasteiger partial charge in [0.1, 0.15) is 0 Å². The van der Waals surface area contributed by atoms with Gasteiger partial charge in [-0.15, -0.1) is 0 Å². The Labute approximate surface area is 99.2 Å². The third-order valence-electron chi connectivity index (χ3n) is 3.69. The normalized spacial score (nSPS) is 18.6. The van der Waals surface area contributed by atoms with Crippen molar-refractivity contribution in [1.29, 1.82) is 0 Å². The maximum atomic E-state index is 11.1. The van der Waals surface area contributed by atoms with Gasteiger partial charge < -0.3 is 11.1 Å². The van der Waals surface area contributed by atoms with E-state index in [2.05, 4.69) is 5.32 Å². The zero-order valence-electron chi connectivity index (χ0n) is 10.7. The van der Waals surface area contributed by atoms with E-state index >= 15 is 0 Å². The molecule has 3 N–H and O–H groups in total. The summed E-state index contributed by atoms with van der Waals surface area (Å²) in [5.74, 6) is 0.676. The molecule has 0 unspecified atom stereocenters. The molecule has 0 aliphatic heterocycles. The molecule has 1 aliphatic carbocycles. The lowest BCUT2D eigenvalue weighted by Gasteiger charge is -2.24. The Balaban J connectivity index is 2.09. The van der Waals surface area contributed by atoms with E-state index in [4.69, 9.17) is 5.73 Å². The lowest BCUT2D eigenvalue weighted by atomic mass is 9.87. The predicted octanol–water partition coefficient (Wildman–Crippen LogP) is 2.06. The van der Waals surface area contributed by atoms with Gasteiger partial charge in [0.15, 0.2) is 0 Å². The molecule has 0 aromatic carbocycles. The quantitative estimate of drug-likeness (QED) is 0.681. The highest BCUT2D eigenvalue weighted by atomic mass is 16.1. The third-order valence-corrected chi connectivity index (χ3v) is 3.69. The molecule has 94 valence electrons. The van der Waals surface area contributed by atoms with Crippen molar-refractivity contribution in [3.05, 3.63) is 0 Å². The van der Waals surface area contributed by atoms with Crippen molar-refractivity contribution in [3.63, 3.8) is 0 Å². The van der Waals surface area contributed by atoms with Crippen LogP contribution in [0.3, 0.4) is 0 Å². The van der Waals surface area contributed by atoms with Crippen LogP contribution in [-0.2, 0) is 4.79 Å². The molecule has 1 fully saturated rings. The molecule has 3 heteroatoms. The van der Waals surface area contributed by atoms with Crippen molar-refractivity contribution in [2.75, 3.05) is 13.1 Å². The topological polar surface area (TPSA) is 55.1 Å². The summed E-state index contributed by atoms with van der Waals surface area (Å²) in [4.78, 5) is 11.1. The largest absolute Gasteiger partial charge is 0.369 e. The van der Waals surface area contributed by atoms with Crippen molar-refractivity contribution in [1.82, 2.24) is 5.32 Å². The van der Waals surface area contributed by atoms with E-state index in [1.165, 1.54) is 38.5 Å². The summed E-state index contributed by atoms with van der Waals surface area (Å²) in [6, 6.07) is 0. The van der Waals surface area contributed by atoms with Crippen LogP contribution in [0.1, 0.15) is 52.4 Å². The second-order valence-corrected chi connectivity index (χ2v) is 5.72. The maximum absolute atomic E-state index is 11.1. The Kier molecular flexibility index (Phi) is 5.26. The Morgan fingerprint density at radius 3 is 2.50 bits per heavy atom. The van der Waals surface area contributed by atoms with Crippen LogP contribution in [0.2, 0.25) is 0 Å². The van der Waals surface area contributed by atoms with E-state index in [9.17, 15) is 4.79 Å². The van der Waals surface area contributed by atoms with Gasteiger partial charge >= 0.3 is 0 Å². The van der Waals surface area contributed by atoms with Crippen molar-refractivity contribution in [3.8, 4) is 0 Å². The summed E-state index contributed by atoms with van der Waals surface area (Å²) < 4.78 is 0. The minimum Gasteiger partial charge on any atom is -0.369 e. The van der Waals surface area contributed by atoms with E-state index in [0.29, 0.717) is 6.54 Å². The fourth-order valence-electron chi connectivity index (χ4n) is 2.27. The Morgan fingerprint density at radius 2 is 1.94 bits per heavy atom. The molecule has 0 atom stereocenters. The molecule has 1 saturated carbocycles. The first-order valence-corrected chi connectivity index (χ1v) is 6.53. The molecule has 0 bridgehead atoms. The molecule has 3 nitrogen and oxygen atoms in total. The number of nitrogens with one attached hydrogen (secondary N) is 1. The van der Waals surface area contributed by atoms with Crippen LogP contribution in [0.15, 0.2) is 0 Å². The molecule has 0 aromatic heterocycles. The second kappa shape index (κ2) is 6.24. The zero-order valence-corrected chi connectivity index (χ0v) is 10.7. The Hall–Kier alpha value is -0.570. The lowest BCUT2D eigenvalue weighted by molar-refractivity contribution is -0.125. The lowest BCUT2D eigenvalue weighted by Crippen LogP contribution is -2.40. The van der Waals surface area contributed by atoms with Gasteiger partial charge in [0.2, 0.25) is 5.91 Å². The molecule has 16 heavy (non-hydrogen) atoms. The maximum Gasteiger partial charge on any atom is 0.224 e. The van der Waals surface area contributed by atoms with Gasteiger partial charge in [-0.1, -0.05) is 32.1 Å². The number of amides is 1. The average Bonchev–Trinajstić information content (AvgIpc) is 2.26. The fraction of sp³-hybridized carbons (Fsp3) is 0.923. The van der Waals surface area contributed by atoms with Crippen LogP contribution in [0.25, 0.3) is 0 Å². The molecule has 1 aliphatic rings. The van der Waals surface area contributed by atoms with Gasteiger partial charge in [0, 0.05) is 6.54 Å². The summed E-state index contributed by atoms with van der Waals surface area (Å²) in [6.07, 6.45) is 8.24. The zero-order chi connectivity index (χ0) is 12.0. The number of carbonyl (C=O) groups is 1. The van der Waals surface area contributed by atoms with E-state index in [1.807, 2.05) is 13.8 Å². The molecule has 0 aromatic rings. The highest BCUT2D eigenvalue weighted by Gasteiger charge is 2.24. The molecule has 0 saturated heterocycles. The van der Waals surface area contributed by atoms with Crippen LogP contribution in [0.5, 0.6) is 0 Å². The first-order valence-electron chi connectivity index (χ1n) is 6.53. The molecule has 0 radical (unpaired) electrons. The number of hydrogen-bond donors (Lipinski definition) is 2. The van der Waals surface area contributed by atoms with Gasteiger partial charge in [0.25, 0.3) is 0 Å². The fourth-order valence-corrected chi connectivity index (χ4v) is 2.27. The summed E-state index contributed by atoms with van der Waals surface area (Å²) in [5.41, 5.74) is 4.89. The van der Waals surface area contributed by atoms with Gasteiger partial charge in [0.05, 0.1) is 5.41 Å². The first kappa shape index (κ1) is 13.5. The monoisotopic (exact) mass is 226 g/mol. The van der Waals surface area contributed by atoms with Crippen LogP contribution in [0, 0.1) is 11.3 Å². The summed E-state index contributed by atoms with van der Waals surface area (Å²) in [6.45, 7) is 5.49. The number of nitrogens with two attached hydrogens (primary N) is 1. The van der Waals surface area contributed by atoms with Gasteiger partial charge in [-0.05, 0) is 32.7 Å². The van der Waals surface area contributed by atoms with E-state index in [1.54, 1.807) is 0 Å². The second-order valence-electron chi connectivity index (χ2n) is 5.72. The molecule has 0 spiro atoms. The molecular weight excluding hydrogens is 200 g/mol. The standard InChI is InChI=1S/C13H26N2O/c1-13(2,12(14)16)10-15-9-8-11-6-4-3-5-7-11/h11,15H,3-10H2,1-2H3,(H2,14,16). The van der Waals surface area contributed by atoms with E-state index in [0.717, 1.165) is 12.5 Å². The summed E-state index contributed by atoms with van der Waals surface area (Å²) >= 11 is 0. The minimum absolute atomic E-state index is 0.224. The molecule has 0 heterocycles. The van der Waals surface area contributed by atoms with Crippen LogP contribution >= 0.6 is 0 Å². The van der Waals surface area contributed by atoms with Gasteiger partial charge in [-0.3, -0.25) is 4.79 Å². The first-order chi connectivity index (χ1) is 7.52. The highest BCUT2D eigenvalue weighted by molar-refractivity contribution is 5.80. The highest BCUT2D eigenvalue weighted by Crippen LogP contribution is 2.25. The smallest absolute Gasteiger partial charge is 0.224 e. The molecular formula is C13H26N2O. The van der Waals surface area contributed by atoms with Crippen molar-refractivity contribution >= 4 is 5.91 Å². The van der Waals surface area contributed by atoms with E-state index in [-0.39, 0.29) is 5.91 Å². The third kappa shape index (κ3) is 4.52. The van der Waals surface area contributed by atoms with Crippen molar-refractivity contribution < 1.29 is 4.79 Å². The minimum atomic E-state index is -0.424. The van der Waals surface area contributed by atoms with Crippen LogP contribution in [0.4, 0.5) is 0 Å². The van der Waals surface area contributed by atoms with E-state index < -0.39 is 5.41 Å². The summed E-state index contributed by atoms with van der Waals surface area (Å²) in [7, 11) is 0. The van der Waals surface area contributed by atoms with Crippen LogP contribution < -0.4 is 11.1 Å². The van der Waals surface area contributed by atoms with Gasteiger partial charge in [-0.25, -0.2) is 0 Å². The number of rotatable bonds is 6. The van der Waals surface area contributed by atoms with Crippen molar-refractivity contribution in [2.24, 2.45) is 17.1 Å². The van der Waals surface area contributed by atoms with Crippen molar-refractivity contribution in [2.45, 2.75) is 52.4 Å². The average molecular weight is 226 g/mol. The number of primary amides is 1. The number of carbonyl (C=O) groups excluding carboxylic acids is 1. The number of hydrogen-bond acceptors (Lipinski definition) is 2. The van der Waals surface area contributed by atoms with Crippen LogP contribution in [-0.4, -0.2) is 19.0 Å². The molecule has 1 rings (SSSR count). The van der Waals surface area contributed by atoms with Gasteiger partial charge in [-0.2, -0.15) is 0 Å².